The lowest BCUT2D eigenvalue weighted by molar-refractivity contribution is 0.376. The molecule has 0 aromatic carbocycles. The van der Waals surface area contributed by atoms with Crippen molar-refractivity contribution in [2.24, 2.45) is 5.92 Å². The van der Waals surface area contributed by atoms with Crippen LogP contribution in [0.1, 0.15) is 44.3 Å². The first-order valence-corrected chi connectivity index (χ1v) is 7.15. The molecular formula is C13H24N2S. The van der Waals surface area contributed by atoms with Gasteiger partial charge in [0.2, 0.25) is 0 Å². The number of nitrogens with zero attached hydrogens (tertiary/aromatic N) is 1. The second-order valence-electron chi connectivity index (χ2n) is 4.66. The van der Waals surface area contributed by atoms with Gasteiger partial charge in [-0.05, 0) is 38.6 Å². The molecule has 92 valence electrons. The first-order valence-electron chi connectivity index (χ1n) is 6.27. The van der Waals surface area contributed by atoms with E-state index in [2.05, 4.69) is 43.4 Å². The number of rotatable bonds is 7. The van der Waals surface area contributed by atoms with E-state index in [1.165, 1.54) is 23.5 Å². The molecule has 16 heavy (non-hydrogen) atoms. The zero-order chi connectivity index (χ0) is 12.0. The smallest absolute Gasteiger partial charge is 0.0897 e. The van der Waals surface area contributed by atoms with Gasteiger partial charge in [0.15, 0.2) is 0 Å². The molecule has 0 spiro atoms. The Labute approximate surface area is 103 Å². The first kappa shape index (κ1) is 13.7. The minimum Gasteiger partial charge on any atom is -0.314 e. The standard InChI is InChI=1S/C13H24N2S/c1-5-14-13(10(2)3)8-6-7-12-9-16-11(4)15-12/h9-10,13-14H,5-8H2,1-4H3. The Morgan fingerprint density at radius 1 is 1.44 bits per heavy atom. The van der Waals surface area contributed by atoms with Crippen LogP contribution in [0.4, 0.5) is 0 Å². The zero-order valence-corrected chi connectivity index (χ0v) is 11.7. The predicted octanol–water partition coefficient (Wildman–Crippen LogP) is 3.41. The number of thiazole rings is 1. The quantitative estimate of drug-likeness (QED) is 0.790. The van der Waals surface area contributed by atoms with E-state index in [-0.39, 0.29) is 0 Å². The van der Waals surface area contributed by atoms with Gasteiger partial charge in [0.1, 0.15) is 0 Å². The summed E-state index contributed by atoms with van der Waals surface area (Å²) in [4.78, 5) is 4.50. The van der Waals surface area contributed by atoms with Crippen molar-refractivity contribution < 1.29 is 0 Å². The van der Waals surface area contributed by atoms with Gasteiger partial charge in [0, 0.05) is 11.4 Å². The van der Waals surface area contributed by atoms with E-state index in [1.54, 1.807) is 11.3 Å². The molecule has 1 unspecified atom stereocenters. The SMILES string of the molecule is CCNC(CCCc1csc(C)n1)C(C)C. The Morgan fingerprint density at radius 2 is 2.19 bits per heavy atom. The van der Waals surface area contributed by atoms with Crippen LogP contribution in [0, 0.1) is 12.8 Å². The summed E-state index contributed by atoms with van der Waals surface area (Å²) >= 11 is 1.75. The van der Waals surface area contributed by atoms with Gasteiger partial charge < -0.3 is 5.32 Å². The highest BCUT2D eigenvalue weighted by Gasteiger charge is 2.11. The molecule has 2 nitrogen and oxygen atoms in total. The molecule has 0 aliphatic heterocycles. The van der Waals surface area contributed by atoms with Crippen molar-refractivity contribution in [3.05, 3.63) is 16.1 Å². The third-order valence-electron chi connectivity index (χ3n) is 2.89. The van der Waals surface area contributed by atoms with E-state index in [9.17, 15) is 0 Å². The van der Waals surface area contributed by atoms with Gasteiger partial charge in [-0.2, -0.15) is 0 Å². The van der Waals surface area contributed by atoms with Gasteiger partial charge in [0.05, 0.1) is 10.7 Å². The van der Waals surface area contributed by atoms with Crippen LogP contribution in [0.2, 0.25) is 0 Å². The topological polar surface area (TPSA) is 24.9 Å². The van der Waals surface area contributed by atoms with Crippen molar-refractivity contribution >= 4 is 11.3 Å². The van der Waals surface area contributed by atoms with Crippen LogP contribution in [0.25, 0.3) is 0 Å². The summed E-state index contributed by atoms with van der Waals surface area (Å²) in [5.74, 6) is 0.720. The molecule has 1 rings (SSSR count). The van der Waals surface area contributed by atoms with E-state index < -0.39 is 0 Å². The van der Waals surface area contributed by atoms with Gasteiger partial charge in [-0.15, -0.1) is 11.3 Å². The maximum atomic E-state index is 4.50. The summed E-state index contributed by atoms with van der Waals surface area (Å²) in [6.07, 6.45) is 3.61. The van der Waals surface area contributed by atoms with E-state index in [0.29, 0.717) is 6.04 Å². The second-order valence-corrected chi connectivity index (χ2v) is 5.72. The molecule has 0 amide bonds. The molecule has 0 aliphatic carbocycles. The lowest BCUT2D eigenvalue weighted by atomic mass is 9.98. The minimum atomic E-state index is 0.657. The Bertz CT molecular complexity index is 294. The van der Waals surface area contributed by atoms with Crippen molar-refractivity contribution in [1.82, 2.24) is 10.3 Å². The highest BCUT2D eigenvalue weighted by atomic mass is 32.1. The molecule has 0 aliphatic rings. The van der Waals surface area contributed by atoms with Crippen LogP contribution in [0.5, 0.6) is 0 Å². The highest BCUT2D eigenvalue weighted by Crippen LogP contribution is 2.14. The van der Waals surface area contributed by atoms with Crippen LogP contribution in [-0.2, 0) is 6.42 Å². The Balaban J connectivity index is 2.27. The van der Waals surface area contributed by atoms with Crippen molar-refractivity contribution in [3.63, 3.8) is 0 Å². The van der Waals surface area contributed by atoms with Crippen molar-refractivity contribution in [2.45, 2.75) is 53.0 Å². The minimum absolute atomic E-state index is 0.657. The van der Waals surface area contributed by atoms with Gasteiger partial charge in [0.25, 0.3) is 0 Å². The average Bonchev–Trinajstić information content (AvgIpc) is 2.63. The molecule has 3 heteroatoms. The van der Waals surface area contributed by atoms with Crippen LogP contribution in [-0.4, -0.2) is 17.6 Å². The van der Waals surface area contributed by atoms with E-state index in [1.807, 2.05) is 0 Å². The van der Waals surface area contributed by atoms with Crippen LogP contribution in [0.3, 0.4) is 0 Å². The third-order valence-corrected chi connectivity index (χ3v) is 3.71. The zero-order valence-electron chi connectivity index (χ0n) is 10.9. The predicted molar refractivity (Wildman–Crippen MR) is 72.1 cm³/mol. The number of aryl methyl sites for hydroxylation is 2. The summed E-state index contributed by atoms with van der Waals surface area (Å²) in [7, 11) is 0. The number of aromatic nitrogens is 1. The van der Waals surface area contributed by atoms with Gasteiger partial charge in [-0.1, -0.05) is 20.8 Å². The Hall–Kier alpha value is -0.410. The van der Waals surface area contributed by atoms with Crippen LogP contribution >= 0.6 is 11.3 Å². The average molecular weight is 240 g/mol. The van der Waals surface area contributed by atoms with Gasteiger partial charge in [-0.25, -0.2) is 4.98 Å². The second kappa shape index (κ2) is 7.02. The van der Waals surface area contributed by atoms with Crippen molar-refractivity contribution in [2.75, 3.05) is 6.54 Å². The van der Waals surface area contributed by atoms with Crippen molar-refractivity contribution in [3.8, 4) is 0 Å². The maximum absolute atomic E-state index is 4.50. The van der Waals surface area contributed by atoms with E-state index >= 15 is 0 Å². The molecule has 0 bridgehead atoms. The van der Waals surface area contributed by atoms with Crippen LogP contribution < -0.4 is 5.32 Å². The summed E-state index contributed by atoms with van der Waals surface area (Å²) in [5.41, 5.74) is 1.27. The molecule has 0 radical (unpaired) electrons. The number of nitrogens with one attached hydrogen (secondary N) is 1. The summed E-state index contributed by atoms with van der Waals surface area (Å²) < 4.78 is 0. The lowest BCUT2D eigenvalue weighted by Crippen LogP contribution is -2.33. The number of hydrogen-bond acceptors (Lipinski definition) is 3. The van der Waals surface area contributed by atoms with E-state index in [0.717, 1.165) is 18.9 Å². The van der Waals surface area contributed by atoms with Gasteiger partial charge >= 0.3 is 0 Å². The highest BCUT2D eigenvalue weighted by molar-refractivity contribution is 7.09. The molecule has 1 heterocycles. The van der Waals surface area contributed by atoms with E-state index in [4.69, 9.17) is 0 Å². The normalized spacial score (nSPS) is 13.3. The molecule has 0 saturated carbocycles. The number of hydrogen-bond donors (Lipinski definition) is 1. The van der Waals surface area contributed by atoms with Crippen LogP contribution in [0.15, 0.2) is 5.38 Å². The fraction of sp³-hybridized carbons (Fsp3) is 0.769. The maximum Gasteiger partial charge on any atom is 0.0897 e. The fourth-order valence-corrected chi connectivity index (χ4v) is 2.61. The molecule has 0 fully saturated rings. The molecule has 1 aromatic rings. The lowest BCUT2D eigenvalue weighted by Gasteiger charge is -2.21. The molecular weight excluding hydrogens is 216 g/mol. The molecule has 0 saturated heterocycles. The fourth-order valence-electron chi connectivity index (χ4n) is 1.96. The summed E-state index contributed by atoms with van der Waals surface area (Å²) in [5, 5.41) is 6.93. The summed E-state index contributed by atoms with van der Waals surface area (Å²) in [6, 6.07) is 0.657. The largest absolute Gasteiger partial charge is 0.314 e. The Kier molecular flexibility index (Phi) is 5.99. The Morgan fingerprint density at radius 3 is 2.69 bits per heavy atom. The third kappa shape index (κ3) is 4.62. The molecule has 1 aromatic heterocycles. The van der Waals surface area contributed by atoms with Gasteiger partial charge in [-0.3, -0.25) is 0 Å². The first-order chi connectivity index (χ1) is 7.63. The molecule has 1 atom stereocenters. The molecule has 1 N–H and O–H groups in total. The van der Waals surface area contributed by atoms with Crippen molar-refractivity contribution in [1.29, 1.82) is 0 Å². The monoisotopic (exact) mass is 240 g/mol. The summed E-state index contributed by atoms with van der Waals surface area (Å²) in [6.45, 7) is 9.90.